The number of carboxylic acids is 1. The zero-order valence-corrected chi connectivity index (χ0v) is 14.2. The van der Waals surface area contributed by atoms with Gasteiger partial charge in [0, 0.05) is 25.7 Å². The number of ether oxygens (including phenoxy) is 1. The number of carboxylic acid groups (broad SMARTS) is 1. The van der Waals surface area contributed by atoms with E-state index in [4.69, 9.17) is 9.84 Å². The van der Waals surface area contributed by atoms with Crippen molar-refractivity contribution in [3.05, 3.63) is 36.0 Å². The summed E-state index contributed by atoms with van der Waals surface area (Å²) in [5.74, 6) is -0.112. The molecule has 0 fully saturated rings. The fourth-order valence-corrected chi connectivity index (χ4v) is 3.10. The minimum Gasteiger partial charge on any atom is -0.493 e. The Morgan fingerprint density at radius 1 is 1.38 bits per heavy atom. The molecule has 8 nitrogen and oxygen atoms in total. The fraction of sp³-hybridized carbons (Fsp3) is 0.333. The van der Waals surface area contributed by atoms with Gasteiger partial charge in [0.1, 0.15) is 5.75 Å². The van der Waals surface area contributed by atoms with Gasteiger partial charge in [0.05, 0.1) is 11.5 Å². The number of nitrogens with zero attached hydrogens (tertiary/aromatic N) is 2. The van der Waals surface area contributed by atoms with Crippen molar-refractivity contribution in [1.29, 1.82) is 0 Å². The molecule has 24 heavy (non-hydrogen) atoms. The number of rotatable bonds is 8. The predicted octanol–water partition coefficient (Wildman–Crippen LogP) is 1.77. The Morgan fingerprint density at radius 3 is 2.71 bits per heavy atom. The number of aromatic nitrogens is 2. The second-order valence-electron chi connectivity index (χ2n) is 5.25. The molecule has 0 amide bonds. The van der Waals surface area contributed by atoms with Crippen molar-refractivity contribution in [2.45, 2.75) is 24.7 Å². The molecule has 0 unspecified atom stereocenters. The first-order valence-corrected chi connectivity index (χ1v) is 8.74. The first-order chi connectivity index (χ1) is 11.3. The van der Waals surface area contributed by atoms with Crippen LogP contribution in [0, 0.1) is 6.92 Å². The van der Waals surface area contributed by atoms with Gasteiger partial charge in [-0.15, -0.1) is 0 Å². The van der Waals surface area contributed by atoms with Gasteiger partial charge in [-0.3, -0.25) is 14.2 Å². The molecule has 2 N–H and O–H groups in total. The molecule has 0 radical (unpaired) electrons. The molecule has 0 aliphatic heterocycles. The summed E-state index contributed by atoms with van der Waals surface area (Å²) in [6, 6.07) is 6.05. The van der Waals surface area contributed by atoms with Crippen molar-refractivity contribution < 1.29 is 23.1 Å². The van der Waals surface area contributed by atoms with Gasteiger partial charge in [0.15, 0.2) is 5.82 Å². The Labute approximate surface area is 140 Å². The van der Waals surface area contributed by atoms with E-state index in [1.807, 2.05) is 0 Å². The Morgan fingerprint density at radius 2 is 2.12 bits per heavy atom. The van der Waals surface area contributed by atoms with Crippen LogP contribution >= 0.6 is 0 Å². The number of nitrogens with one attached hydrogen (secondary N) is 1. The van der Waals surface area contributed by atoms with Crippen molar-refractivity contribution in [1.82, 2.24) is 9.78 Å². The summed E-state index contributed by atoms with van der Waals surface area (Å²) in [7, 11) is -2.04. The molecular weight excluding hydrogens is 334 g/mol. The van der Waals surface area contributed by atoms with E-state index in [0.29, 0.717) is 17.7 Å². The molecule has 0 saturated carbocycles. The quantitative estimate of drug-likeness (QED) is 0.700. The van der Waals surface area contributed by atoms with Crippen molar-refractivity contribution in [2.24, 2.45) is 7.05 Å². The molecule has 130 valence electrons. The summed E-state index contributed by atoms with van der Waals surface area (Å²) in [4.78, 5) is 10.5. The fourth-order valence-electron chi connectivity index (χ4n) is 2.02. The molecule has 0 spiro atoms. The topological polar surface area (TPSA) is 111 Å². The van der Waals surface area contributed by atoms with E-state index in [1.165, 1.54) is 16.8 Å². The lowest BCUT2D eigenvalue weighted by Crippen LogP contribution is -2.14. The lowest BCUT2D eigenvalue weighted by molar-refractivity contribution is -0.137. The molecule has 2 rings (SSSR count). The van der Waals surface area contributed by atoms with E-state index in [2.05, 4.69) is 9.82 Å². The van der Waals surface area contributed by atoms with Gasteiger partial charge in [0.2, 0.25) is 0 Å². The molecule has 0 aliphatic rings. The maximum absolute atomic E-state index is 12.3. The monoisotopic (exact) mass is 353 g/mol. The van der Waals surface area contributed by atoms with Gasteiger partial charge in [-0.25, -0.2) is 8.42 Å². The number of aliphatic carboxylic acids is 1. The molecule has 0 aliphatic carbocycles. The van der Waals surface area contributed by atoms with Crippen LogP contribution in [0.25, 0.3) is 0 Å². The van der Waals surface area contributed by atoms with E-state index >= 15 is 0 Å². The normalized spacial score (nSPS) is 11.2. The van der Waals surface area contributed by atoms with E-state index in [-0.39, 0.29) is 23.7 Å². The van der Waals surface area contributed by atoms with Crippen LogP contribution in [0.2, 0.25) is 0 Å². The lowest BCUT2D eigenvalue weighted by Gasteiger charge is -2.11. The number of aryl methyl sites for hydroxylation is 2. The maximum Gasteiger partial charge on any atom is 0.303 e. The highest BCUT2D eigenvalue weighted by Gasteiger charge is 2.17. The van der Waals surface area contributed by atoms with E-state index in [0.717, 1.165) is 0 Å². The van der Waals surface area contributed by atoms with E-state index in [1.54, 1.807) is 32.3 Å². The summed E-state index contributed by atoms with van der Waals surface area (Å²) in [5, 5.41) is 12.6. The summed E-state index contributed by atoms with van der Waals surface area (Å²) in [6.45, 7) is 1.98. The molecule has 0 saturated heterocycles. The summed E-state index contributed by atoms with van der Waals surface area (Å²) >= 11 is 0. The average Bonchev–Trinajstić information content (AvgIpc) is 2.89. The smallest absolute Gasteiger partial charge is 0.303 e. The first-order valence-electron chi connectivity index (χ1n) is 7.25. The second kappa shape index (κ2) is 7.35. The van der Waals surface area contributed by atoms with Gasteiger partial charge in [0.25, 0.3) is 10.0 Å². The number of anilines is 1. The van der Waals surface area contributed by atoms with Gasteiger partial charge in [-0.05, 0) is 37.1 Å². The maximum atomic E-state index is 12.3. The van der Waals surface area contributed by atoms with Gasteiger partial charge in [-0.1, -0.05) is 0 Å². The summed E-state index contributed by atoms with van der Waals surface area (Å²) < 4.78 is 34.1. The largest absolute Gasteiger partial charge is 0.493 e. The first kappa shape index (κ1) is 17.8. The van der Waals surface area contributed by atoms with Crippen LogP contribution in [-0.4, -0.2) is 35.9 Å². The van der Waals surface area contributed by atoms with Gasteiger partial charge >= 0.3 is 5.97 Å². The van der Waals surface area contributed by atoms with Crippen LogP contribution < -0.4 is 9.46 Å². The molecule has 1 heterocycles. The molecule has 1 aromatic carbocycles. The highest BCUT2D eigenvalue weighted by Crippen LogP contribution is 2.23. The second-order valence-corrected chi connectivity index (χ2v) is 6.94. The van der Waals surface area contributed by atoms with Gasteiger partial charge in [-0.2, -0.15) is 5.10 Å². The zero-order valence-electron chi connectivity index (χ0n) is 13.4. The molecule has 0 atom stereocenters. The molecule has 9 heteroatoms. The number of hydrogen-bond acceptors (Lipinski definition) is 5. The van der Waals surface area contributed by atoms with Crippen molar-refractivity contribution in [3.63, 3.8) is 0 Å². The van der Waals surface area contributed by atoms with E-state index < -0.39 is 16.0 Å². The van der Waals surface area contributed by atoms with Gasteiger partial charge < -0.3 is 9.84 Å². The number of hydrogen-bond donors (Lipinski definition) is 2. The van der Waals surface area contributed by atoms with Crippen LogP contribution in [0.5, 0.6) is 5.75 Å². The molecule has 2 aromatic rings. The van der Waals surface area contributed by atoms with Crippen LogP contribution in [-0.2, 0) is 21.9 Å². The molecule has 0 bridgehead atoms. The van der Waals surface area contributed by atoms with E-state index in [9.17, 15) is 13.2 Å². The predicted molar refractivity (Wildman–Crippen MR) is 87.6 cm³/mol. The zero-order chi connectivity index (χ0) is 17.7. The Bertz CT molecular complexity index is 829. The van der Waals surface area contributed by atoms with Crippen molar-refractivity contribution in [3.8, 4) is 5.75 Å². The SMILES string of the molecule is Cc1cc(S(=O)(=O)Nc2ccn(C)n2)ccc1OCCCC(=O)O. The van der Waals surface area contributed by atoms with Crippen LogP contribution in [0.1, 0.15) is 18.4 Å². The Hall–Kier alpha value is -2.55. The third-order valence-electron chi connectivity index (χ3n) is 3.20. The highest BCUT2D eigenvalue weighted by atomic mass is 32.2. The number of carbonyl (C=O) groups is 1. The third kappa shape index (κ3) is 4.72. The molecular formula is C15H19N3O5S. The third-order valence-corrected chi connectivity index (χ3v) is 4.55. The minimum absolute atomic E-state index is 0.0273. The molecule has 1 aromatic heterocycles. The standard InChI is InChI=1S/C15H19N3O5S/c1-11-10-12(5-6-13(11)23-9-3-4-15(19)20)24(21,22)17-14-7-8-18(2)16-14/h5-8,10H,3-4,9H2,1-2H3,(H,16,17)(H,19,20). The van der Waals surface area contributed by atoms with Crippen molar-refractivity contribution >= 4 is 21.8 Å². The minimum atomic E-state index is -3.73. The summed E-state index contributed by atoms with van der Waals surface area (Å²) in [5.41, 5.74) is 0.647. The highest BCUT2D eigenvalue weighted by molar-refractivity contribution is 7.92. The van der Waals surface area contributed by atoms with Crippen LogP contribution in [0.4, 0.5) is 5.82 Å². The van der Waals surface area contributed by atoms with Crippen LogP contribution in [0.15, 0.2) is 35.4 Å². The number of sulfonamides is 1. The lowest BCUT2D eigenvalue weighted by atomic mass is 10.2. The Kier molecular flexibility index (Phi) is 5.45. The van der Waals surface area contributed by atoms with Crippen molar-refractivity contribution in [2.75, 3.05) is 11.3 Å². The van der Waals surface area contributed by atoms with Crippen LogP contribution in [0.3, 0.4) is 0 Å². The average molecular weight is 353 g/mol. The Balaban J connectivity index is 2.06. The summed E-state index contributed by atoms with van der Waals surface area (Å²) in [6.07, 6.45) is 2.05. The number of benzene rings is 1.